The van der Waals surface area contributed by atoms with Gasteiger partial charge in [-0.15, -0.1) is 0 Å². The van der Waals surface area contributed by atoms with Crippen LogP contribution in [0.1, 0.15) is 40.0 Å². The topological polar surface area (TPSA) is 53.7 Å². The molecule has 1 atom stereocenters. The van der Waals surface area contributed by atoms with Crippen LogP contribution in [0.4, 0.5) is 0 Å². The molecule has 0 bridgehead atoms. The average molecular weight is 263 g/mol. The van der Waals surface area contributed by atoms with Crippen LogP contribution in [-0.4, -0.2) is 41.8 Å². The smallest absolute Gasteiger partial charge is 0.321 e. The Kier molecular flexibility index (Phi) is 12.6. The lowest BCUT2D eigenvalue weighted by Gasteiger charge is -2.14. The Bertz CT molecular complexity index is 155. The molecule has 0 aromatic carbocycles. The standard InChI is InChI=1S/C12H29NO3Si/c1-4-15-17(16-5-2)10-8-6-7-9-14-12(3)11-13/h12,17H,4-11,13H2,1-3H3. The van der Waals surface area contributed by atoms with Crippen molar-refractivity contribution in [3.63, 3.8) is 0 Å². The van der Waals surface area contributed by atoms with E-state index in [-0.39, 0.29) is 6.10 Å². The lowest BCUT2D eigenvalue weighted by molar-refractivity contribution is 0.0690. The third-order valence-electron chi connectivity index (χ3n) is 2.52. The molecule has 4 nitrogen and oxygen atoms in total. The van der Waals surface area contributed by atoms with Crippen molar-refractivity contribution >= 4 is 9.28 Å². The second-order valence-corrected chi connectivity index (χ2v) is 6.21. The summed E-state index contributed by atoms with van der Waals surface area (Å²) in [6, 6.07) is 1.11. The van der Waals surface area contributed by atoms with Gasteiger partial charge in [-0.2, -0.15) is 0 Å². The molecule has 0 saturated carbocycles. The van der Waals surface area contributed by atoms with Crippen molar-refractivity contribution in [3.8, 4) is 0 Å². The molecule has 0 aliphatic carbocycles. The van der Waals surface area contributed by atoms with Crippen LogP contribution in [0, 0.1) is 0 Å². The molecule has 0 amide bonds. The van der Waals surface area contributed by atoms with Crippen LogP contribution >= 0.6 is 0 Å². The molecular formula is C12H29NO3Si. The minimum atomic E-state index is -1.37. The Hall–Kier alpha value is 0.0569. The van der Waals surface area contributed by atoms with Gasteiger partial charge in [-0.1, -0.05) is 12.8 Å². The fourth-order valence-electron chi connectivity index (χ4n) is 1.53. The second-order valence-electron chi connectivity index (χ2n) is 4.11. The van der Waals surface area contributed by atoms with Gasteiger partial charge in [-0.25, -0.2) is 0 Å². The lowest BCUT2D eigenvalue weighted by atomic mass is 10.2. The van der Waals surface area contributed by atoms with E-state index in [9.17, 15) is 0 Å². The van der Waals surface area contributed by atoms with E-state index in [4.69, 9.17) is 19.3 Å². The Labute approximate surface area is 108 Å². The monoisotopic (exact) mass is 263 g/mol. The fourth-order valence-corrected chi connectivity index (χ4v) is 3.32. The molecule has 0 aliphatic heterocycles. The zero-order valence-electron chi connectivity index (χ0n) is 11.6. The first-order valence-corrected chi connectivity index (χ1v) is 8.55. The quantitative estimate of drug-likeness (QED) is 0.431. The van der Waals surface area contributed by atoms with Crippen LogP contribution < -0.4 is 5.73 Å². The number of hydrogen-bond donors (Lipinski definition) is 1. The van der Waals surface area contributed by atoms with Gasteiger partial charge in [0.15, 0.2) is 0 Å². The molecular weight excluding hydrogens is 234 g/mol. The third-order valence-corrected chi connectivity index (χ3v) is 4.81. The summed E-state index contributed by atoms with van der Waals surface area (Å²) in [4.78, 5) is 0. The summed E-state index contributed by atoms with van der Waals surface area (Å²) in [7, 11) is -1.37. The maximum atomic E-state index is 5.61. The van der Waals surface area contributed by atoms with E-state index in [2.05, 4.69) is 0 Å². The molecule has 0 spiro atoms. The van der Waals surface area contributed by atoms with Crippen molar-refractivity contribution in [1.29, 1.82) is 0 Å². The molecule has 0 rings (SSSR count). The third kappa shape index (κ3) is 10.9. The summed E-state index contributed by atoms with van der Waals surface area (Å²) < 4.78 is 16.7. The van der Waals surface area contributed by atoms with Crippen LogP contribution in [0.15, 0.2) is 0 Å². The molecule has 1 unspecified atom stereocenters. The average Bonchev–Trinajstić information content (AvgIpc) is 2.33. The van der Waals surface area contributed by atoms with Crippen molar-refractivity contribution < 1.29 is 13.6 Å². The summed E-state index contributed by atoms with van der Waals surface area (Å²) in [5.74, 6) is 0. The summed E-state index contributed by atoms with van der Waals surface area (Å²) in [6.45, 7) is 9.02. The SMILES string of the molecule is CCO[SiH](CCCCCOC(C)CN)OCC. The van der Waals surface area contributed by atoms with Crippen molar-refractivity contribution in [2.24, 2.45) is 5.73 Å². The molecule has 2 N–H and O–H groups in total. The molecule has 0 heterocycles. The number of unbranched alkanes of at least 4 members (excludes halogenated alkanes) is 2. The lowest BCUT2D eigenvalue weighted by Crippen LogP contribution is -2.22. The van der Waals surface area contributed by atoms with Crippen molar-refractivity contribution in [2.75, 3.05) is 26.4 Å². The normalized spacial score (nSPS) is 13.2. The second kappa shape index (κ2) is 12.5. The summed E-state index contributed by atoms with van der Waals surface area (Å²) >= 11 is 0. The van der Waals surface area contributed by atoms with Gasteiger partial charge in [0, 0.05) is 26.4 Å². The number of nitrogens with two attached hydrogens (primary N) is 1. The van der Waals surface area contributed by atoms with E-state index < -0.39 is 9.28 Å². The number of hydrogen-bond acceptors (Lipinski definition) is 4. The van der Waals surface area contributed by atoms with Gasteiger partial charge < -0.3 is 19.3 Å². The highest BCUT2D eigenvalue weighted by Crippen LogP contribution is 2.07. The summed E-state index contributed by atoms with van der Waals surface area (Å²) in [6.07, 6.45) is 3.64. The van der Waals surface area contributed by atoms with E-state index in [1.807, 2.05) is 20.8 Å². The Balaban J connectivity index is 3.35. The van der Waals surface area contributed by atoms with Gasteiger partial charge in [0.05, 0.1) is 6.10 Å². The zero-order chi connectivity index (χ0) is 12.9. The van der Waals surface area contributed by atoms with Crippen LogP contribution in [0.3, 0.4) is 0 Å². The molecule has 104 valence electrons. The van der Waals surface area contributed by atoms with Crippen LogP contribution in [0.5, 0.6) is 0 Å². The van der Waals surface area contributed by atoms with E-state index in [0.717, 1.165) is 32.3 Å². The number of ether oxygens (including phenoxy) is 1. The molecule has 17 heavy (non-hydrogen) atoms. The van der Waals surface area contributed by atoms with Crippen LogP contribution in [0.25, 0.3) is 0 Å². The highest BCUT2D eigenvalue weighted by molar-refractivity contribution is 6.44. The van der Waals surface area contributed by atoms with E-state index in [1.165, 1.54) is 12.8 Å². The van der Waals surface area contributed by atoms with E-state index in [1.54, 1.807) is 0 Å². The first-order chi connectivity index (χ1) is 8.24. The molecule has 0 radical (unpaired) electrons. The first kappa shape index (κ1) is 17.1. The zero-order valence-corrected chi connectivity index (χ0v) is 12.8. The van der Waals surface area contributed by atoms with Gasteiger partial charge in [-0.05, 0) is 33.2 Å². The molecule has 0 aliphatic rings. The van der Waals surface area contributed by atoms with E-state index >= 15 is 0 Å². The minimum absolute atomic E-state index is 0.184. The van der Waals surface area contributed by atoms with Crippen molar-refractivity contribution in [1.82, 2.24) is 0 Å². The van der Waals surface area contributed by atoms with Gasteiger partial charge in [0.1, 0.15) is 0 Å². The van der Waals surface area contributed by atoms with Crippen LogP contribution in [0.2, 0.25) is 6.04 Å². The highest BCUT2D eigenvalue weighted by atomic mass is 28.3. The van der Waals surface area contributed by atoms with Crippen LogP contribution in [-0.2, 0) is 13.6 Å². The largest absolute Gasteiger partial charge is 0.397 e. The molecule has 0 fully saturated rings. The molecule has 0 aromatic rings. The van der Waals surface area contributed by atoms with Gasteiger partial charge in [0.25, 0.3) is 0 Å². The Morgan fingerprint density at radius 1 is 1.06 bits per heavy atom. The highest BCUT2D eigenvalue weighted by Gasteiger charge is 2.10. The van der Waals surface area contributed by atoms with Gasteiger partial charge >= 0.3 is 9.28 Å². The summed E-state index contributed by atoms with van der Waals surface area (Å²) in [5, 5.41) is 0. The van der Waals surface area contributed by atoms with Crippen molar-refractivity contribution in [3.05, 3.63) is 0 Å². The first-order valence-electron chi connectivity index (χ1n) is 6.79. The van der Waals surface area contributed by atoms with Gasteiger partial charge in [-0.3, -0.25) is 0 Å². The predicted octanol–water partition coefficient (Wildman–Crippen LogP) is 1.81. The van der Waals surface area contributed by atoms with Gasteiger partial charge in [0.2, 0.25) is 0 Å². The van der Waals surface area contributed by atoms with E-state index in [0.29, 0.717) is 6.54 Å². The molecule has 0 saturated heterocycles. The fraction of sp³-hybridized carbons (Fsp3) is 1.00. The maximum absolute atomic E-state index is 5.61. The minimum Gasteiger partial charge on any atom is -0.397 e. The maximum Gasteiger partial charge on any atom is 0.321 e. The van der Waals surface area contributed by atoms with Crippen molar-refractivity contribution in [2.45, 2.75) is 52.2 Å². The Morgan fingerprint density at radius 3 is 2.24 bits per heavy atom. The molecule has 5 heteroatoms. The molecule has 0 aromatic heterocycles. The Morgan fingerprint density at radius 2 is 1.71 bits per heavy atom. The number of rotatable bonds is 12. The predicted molar refractivity (Wildman–Crippen MR) is 73.5 cm³/mol. The summed E-state index contributed by atoms with van der Waals surface area (Å²) in [5.41, 5.74) is 5.47.